The summed E-state index contributed by atoms with van der Waals surface area (Å²) in [4.78, 5) is 9.87. The molecule has 3 heteroatoms. The highest BCUT2D eigenvalue weighted by molar-refractivity contribution is 5.56. The van der Waals surface area contributed by atoms with Crippen molar-refractivity contribution in [1.29, 1.82) is 0 Å². The van der Waals surface area contributed by atoms with Gasteiger partial charge in [-0.25, -0.2) is 0 Å². The maximum Gasteiger partial charge on any atom is 0.550 e. The molecule has 0 N–H and O–H groups in total. The fraction of sp³-hybridized carbons (Fsp3) is 0.571. The molecular weight excluding hydrogens is 132 g/mol. The van der Waals surface area contributed by atoms with Gasteiger partial charge in [0, 0.05) is 0 Å². The molecule has 0 spiro atoms. The van der Waals surface area contributed by atoms with Gasteiger partial charge < -0.3 is 4.74 Å². The number of hydrogen-bond acceptors (Lipinski definition) is 2. The zero-order valence-corrected chi connectivity index (χ0v) is 6.38. The van der Waals surface area contributed by atoms with E-state index in [9.17, 15) is 9.90 Å². The van der Waals surface area contributed by atoms with Crippen LogP contribution >= 0.6 is 0 Å². The van der Waals surface area contributed by atoms with Crippen molar-refractivity contribution in [3.8, 4) is 0 Å². The molecule has 0 amide bonds. The van der Waals surface area contributed by atoms with E-state index in [1.807, 2.05) is 6.92 Å². The van der Waals surface area contributed by atoms with Crippen molar-refractivity contribution in [2.45, 2.75) is 26.9 Å². The standard InChI is InChI=1S/C7H11O3/c1-4-5(2)6(3)10-7(8)9/h4,6H,1-3H3/b5-4+. The van der Waals surface area contributed by atoms with Crippen molar-refractivity contribution in [2.75, 3.05) is 0 Å². The smallest absolute Gasteiger partial charge is 0.424 e. The lowest BCUT2D eigenvalue weighted by Crippen LogP contribution is -2.12. The average molecular weight is 143 g/mol. The molecule has 0 aliphatic heterocycles. The van der Waals surface area contributed by atoms with Crippen LogP contribution < -0.4 is 0 Å². The summed E-state index contributed by atoms with van der Waals surface area (Å²) in [6.07, 6.45) is -0.0724. The first-order chi connectivity index (χ1) is 4.57. The van der Waals surface area contributed by atoms with Gasteiger partial charge >= 0.3 is 6.16 Å². The fourth-order valence-corrected chi connectivity index (χ4v) is 0.472. The second kappa shape index (κ2) is 3.93. The van der Waals surface area contributed by atoms with Crippen molar-refractivity contribution in [1.82, 2.24) is 0 Å². The van der Waals surface area contributed by atoms with Gasteiger partial charge in [0.15, 0.2) is 0 Å². The predicted octanol–water partition coefficient (Wildman–Crippen LogP) is 1.91. The minimum Gasteiger partial charge on any atom is -0.424 e. The molecule has 0 aromatic rings. The van der Waals surface area contributed by atoms with Crippen molar-refractivity contribution in [3.63, 3.8) is 0 Å². The molecule has 0 heterocycles. The van der Waals surface area contributed by atoms with Crippen molar-refractivity contribution >= 4 is 6.16 Å². The Balaban J connectivity index is 3.85. The number of ether oxygens (including phenoxy) is 1. The molecule has 0 bridgehead atoms. The van der Waals surface area contributed by atoms with Crippen LogP contribution in [-0.4, -0.2) is 12.3 Å². The second-order valence-electron chi connectivity index (χ2n) is 2.04. The van der Waals surface area contributed by atoms with Crippen molar-refractivity contribution in [2.24, 2.45) is 0 Å². The highest BCUT2D eigenvalue weighted by Gasteiger charge is 2.08. The molecule has 1 unspecified atom stereocenters. The number of rotatable bonds is 2. The number of hydrogen-bond donors (Lipinski definition) is 0. The van der Waals surface area contributed by atoms with Gasteiger partial charge in [0.1, 0.15) is 6.10 Å². The second-order valence-corrected chi connectivity index (χ2v) is 2.04. The minimum absolute atomic E-state index is 0.394. The molecule has 0 aromatic carbocycles. The largest absolute Gasteiger partial charge is 0.550 e. The Hall–Kier alpha value is -0.990. The van der Waals surface area contributed by atoms with Crippen LogP contribution in [0.1, 0.15) is 20.8 Å². The zero-order chi connectivity index (χ0) is 8.15. The van der Waals surface area contributed by atoms with Gasteiger partial charge in [-0.05, 0) is 26.3 Å². The third kappa shape index (κ3) is 3.12. The maximum absolute atomic E-state index is 9.87. The molecule has 0 fully saturated rings. The molecule has 57 valence electrons. The van der Waals surface area contributed by atoms with Gasteiger partial charge in [0.2, 0.25) is 0 Å². The normalized spacial score (nSPS) is 14.5. The van der Waals surface area contributed by atoms with Crippen LogP contribution in [0.15, 0.2) is 11.6 Å². The molecule has 3 nitrogen and oxygen atoms in total. The summed E-state index contributed by atoms with van der Waals surface area (Å²) in [7, 11) is 0. The Kier molecular flexibility index (Phi) is 3.54. The number of carbonyl (C=O) groups is 1. The summed E-state index contributed by atoms with van der Waals surface area (Å²) in [5, 5.41) is 9.87. The van der Waals surface area contributed by atoms with Crippen LogP contribution in [0.2, 0.25) is 0 Å². The van der Waals surface area contributed by atoms with Gasteiger partial charge in [-0.3, -0.25) is 0 Å². The Morgan fingerprint density at radius 2 is 2.10 bits per heavy atom. The Morgan fingerprint density at radius 3 is 2.40 bits per heavy atom. The highest BCUT2D eigenvalue weighted by Crippen LogP contribution is 2.04. The van der Waals surface area contributed by atoms with E-state index in [0.29, 0.717) is 0 Å². The molecule has 0 saturated heterocycles. The van der Waals surface area contributed by atoms with Gasteiger partial charge in [-0.1, -0.05) is 6.08 Å². The molecule has 1 radical (unpaired) electrons. The molecule has 0 aliphatic rings. The van der Waals surface area contributed by atoms with E-state index in [-0.39, 0.29) is 0 Å². The highest BCUT2D eigenvalue weighted by atomic mass is 16.7. The van der Waals surface area contributed by atoms with Crippen LogP contribution in [0, 0.1) is 0 Å². The SMILES string of the molecule is C/C=C(\C)C(C)OC([O])=O. The van der Waals surface area contributed by atoms with Crippen LogP contribution in [0.4, 0.5) is 4.79 Å². The molecule has 0 rings (SSSR count). The van der Waals surface area contributed by atoms with Gasteiger partial charge in [-0.15, -0.1) is 0 Å². The quantitative estimate of drug-likeness (QED) is 0.437. The van der Waals surface area contributed by atoms with E-state index < -0.39 is 12.3 Å². The van der Waals surface area contributed by atoms with Gasteiger partial charge in [-0.2, -0.15) is 9.90 Å². The predicted molar refractivity (Wildman–Crippen MR) is 36.1 cm³/mol. The van der Waals surface area contributed by atoms with Crippen molar-refractivity contribution in [3.05, 3.63) is 11.6 Å². The fourth-order valence-electron chi connectivity index (χ4n) is 0.472. The molecule has 1 atom stereocenters. The summed E-state index contributed by atoms with van der Waals surface area (Å²) in [5.41, 5.74) is 0.879. The van der Waals surface area contributed by atoms with E-state index in [4.69, 9.17) is 0 Å². The van der Waals surface area contributed by atoms with Gasteiger partial charge in [0.05, 0.1) is 0 Å². The number of carbonyl (C=O) groups excluding carboxylic acids is 1. The molecular formula is C7H11O3. The van der Waals surface area contributed by atoms with Crippen LogP contribution in [-0.2, 0) is 9.84 Å². The zero-order valence-electron chi connectivity index (χ0n) is 6.38. The first-order valence-electron chi connectivity index (χ1n) is 3.08. The maximum atomic E-state index is 9.87. The summed E-state index contributed by atoms with van der Waals surface area (Å²) in [6.45, 7) is 5.28. The third-order valence-corrected chi connectivity index (χ3v) is 1.37. The van der Waals surface area contributed by atoms with E-state index in [1.165, 1.54) is 0 Å². The lowest BCUT2D eigenvalue weighted by Gasteiger charge is -2.08. The topological polar surface area (TPSA) is 46.2 Å². The summed E-state index contributed by atoms with van der Waals surface area (Å²) in [6, 6.07) is 0. The summed E-state index contributed by atoms with van der Waals surface area (Å²) in [5.74, 6) is 0. The Morgan fingerprint density at radius 1 is 1.60 bits per heavy atom. The van der Waals surface area contributed by atoms with Gasteiger partial charge in [0.25, 0.3) is 0 Å². The third-order valence-electron chi connectivity index (χ3n) is 1.37. The molecule has 0 aromatic heterocycles. The van der Waals surface area contributed by atoms with Crippen LogP contribution in [0.5, 0.6) is 0 Å². The lowest BCUT2D eigenvalue weighted by molar-refractivity contribution is 0.0496. The molecule has 0 aliphatic carbocycles. The first-order valence-corrected chi connectivity index (χ1v) is 3.08. The van der Waals surface area contributed by atoms with Crippen LogP contribution in [0.25, 0.3) is 0 Å². The summed E-state index contributed by atoms with van der Waals surface area (Å²) >= 11 is 0. The summed E-state index contributed by atoms with van der Waals surface area (Å²) < 4.78 is 4.34. The minimum atomic E-state index is -1.48. The monoisotopic (exact) mass is 143 g/mol. The van der Waals surface area contributed by atoms with E-state index in [2.05, 4.69) is 4.74 Å². The number of allylic oxidation sites excluding steroid dienone is 1. The van der Waals surface area contributed by atoms with E-state index >= 15 is 0 Å². The van der Waals surface area contributed by atoms with E-state index in [1.54, 1.807) is 19.9 Å². The average Bonchev–Trinajstić information content (AvgIpc) is 1.85. The van der Waals surface area contributed by atoms with Crippen LogP contribution in [0.3, 0.4) is 0 Å². The Labute approximate surface area is 60.3 Å². The molecule has 10 heavy (non-hydrogen) atoms. The first kappa shape index (κ1) is 9.01. The molecule has 0 saturated carbocycles. The van der Waals surface area contributed by atoms with Crippen molar-refractivity contribution < 1.29 is 14.6 Å². The Bertz CT molecular complexity index is 149. The van der Waals surface area contributed by atoms with E-state index in [0.717, 1.165) is 5.57 Å². The lowest BCUT2D eigenvalue weighted by atomic mass is 10.2.